The molecule has 7 heteroatoms. The van der Waals surface area contributed by atoms with Crippen molar-refractivity contribution in [3.63, 3.8) is 0 Å². The summed E-state index contributed by atoms with van der Waals surface area (Å²) in [5, 5.41) is 11.1. The molecule has 1 unspecified atom stereocenters. The molecule has 1 aromatic carbocycles. The second-order valence-electron chi connectivity index (χ2n) is 4.12. The molecule has 0 heterocycles. The molecule has 0 aliphatic rings. The van der Waals surface area contributed by atoms with E-state index in [9.17, 15) is 18.4 Å². The number of carbonyl (C=O) groups is 2. The molecule has 2 N–H and O–H groups in total. The van der Waals surface area contributed by atoms with Crippen LogP contribution in [0.25, 0.3) is 0 Å². The zero-order valence-electron chi connectivity index (χ0n) is 10.9. The Balaban J connectivity index is 2.68. The molecule has 20 heavy (non-hydrogen) atoms. The minimum absolute atomic E-state index is 0.0668. The van der Waals surface area contributed by atoms with Gasteiger partial charge in [-0.05, 0) is 12.1 Å². The van der Waals surface area contributed by atoms with E-state index in [1.54, 1.807) is 0 Å². The number of hydrogen-bond acceptors (Lipinski definition) is 3. The molecule has 0 fully saturated rings. The average Bonchev–Trinajstić information content (AvgIpc) is 2.38. The van der Waals surface area contributed by atoms with Gasteiger partial charge in [0.25, 0.3) is 0 Å². The van der Waals surface area contributed by atoms with E-state index in [4.69, 9.17) is 9.84 Å². The number of aliphatic carboxylic acids is 1. The zero-order valence-corrected chi connectivity index (χ0v) is 10.9. The molecule has 1 amide bonds. The second kappa shape index (κ2) is 7.54. The predicted octanol–water partition coefficient (Wildman–Crippen LogP) is 1.11. The van der Waals surface area contributed by atoms with Crippen molar-refractivity contribution in [2.75, 3.05) is 13.7 Å². The van der Waals surface area contributed by atoms with E-state index in [0.717, 1.165) is 12.1 Å². The molecule has 1 atom stereocenters. The van der Waals surface area contributed by atoms with Crippen molar-refractivity contribution in [2.45, 2.75) is 18.9 Å². The maximum absolute atomic E-state index is 13.4. The molecule has 1 aromatic rings. The summed E-state index contributed by atoms with van der Waals surface area (Å²) in [7, 11) is 1.40. The number of carboxylic acid groups (broad SMARTS) is 1. The van der Waals surface area contributed by atoms with Gasteiger partial charge in [0.2, 0.25) is 5.91 Å². The molecule has 0 aliphatic heterocycles. The molecule has 0 aliphatic carbocycles. The van der Waals surface area contributed by atoms with Gasteiger partial charge >= 0.3 is 5.97 Å². The Hall–Kier alpha value is -2.02. The number of carboxylic acids is 1. The smallest absolute Gasteiger partial charge is 0.326 e. The van der Waals surface area contributed by atoms with Crippen LogP contribution in [-0.4, -0.2) is 36.7 Å². The summed E-state index contributed by atoms with van der Waals surface area (Å²) < 4.78 is 31.4. The third-order valence-electron chi connectivity index (χ3n) is 2.64. The number of nitrogens with one attached hydrogen (secondary N) is 1. The Morgan fingerprint density at radius 3 is 2.45 bits per heavy atom. The maximum atomic E-state index is 13.4. The first-order valence-corrected chi connectivity index (χ1v) is 5.89. The molecule has 0 spiro atoms. The summed E-state index contributed by atoms with van der Waals surface area (Å²) in [6, 6.07) is 2.10. The van der Waals surface area contributed by atoms with Gasteiger partial charge in [-0.1, -0.05) is 6.07 Å². The van der Waals surface area contributed by atoms with E-state index in [2.05, 4.69) is 5.32 Å². The summed E-state index contributed by atoms with van der Waals surface area (Å²) in [4.78, 5) is 22.6. The summed E-state index contributed by atoms with van der Waals surface area (Å²) in [6.07, 6.45) is -0.493. The lowest BCUT2D eigenvalue weighted by atomic mass is 10.1. The van der Waals surface area contributed by atoms with Gasteiger partial charge in [-0.2, -0.15) is 0 Å². The van der Waals surface area contributed by atoms with Gasteiger partial charge < -0.3 is 15.2 Å². The molecular weight excluding hydrogens is 272 g/mol. The van der Waals surface area contributed by atoms with Crippen LogP contribution in [0, 0.1) is 11.6 Å². The third kappa shape index (κ3) is 4.58. The number of hydrogen-bond donors (Lipinski definition) is 2. The van der Waals surface area contributed by atoms with Gasteiger partial charge in [-0.15, -0.1) is 0 Å². The quantitative estimate of drug-likeness (QED) is 0.788. The van der Waals surface area contributed by atoms with Crippen LogP contribution in [-0.2, 0) is 20.7 Å². The summed E-state index contributed by atoms with van der Waals surface area (Å²) in [5.41, 5.74) is -0.388. The molecule has 0 saturated heterocycles. The second-order valence-corrected chi connectivity index (χ2v) is 4.12. The van der Waals surface area contributed by atoms with Crippen molar-refractivity contribution in [1.29, 1.82) is 0 Å². The van der Waals surface area contributed by atoms with Crippen LogP contribution in [0.15, 0.2) is 18.2 Å². The minimum atomic E-state index is -1.23. The van der Waals surface area contributed by atoms with Crippen LogP contribution in [0.2, 0.25) is 0 Å². The fourth-order valence-corrected chi connectivity index (χ4v) is 1.60. The number of benzene rings is 1. The lowest BCUT2D eigenvalue weighted by Gasteiger charge is -2.14. The number of methoxy groups -OCH3 is 1. The Labute approximate surface area is 114 Å². The van der Waals surface area contributed by atoms with Gasteiger partial charge in [0.1, 0.15) is 17.7 Å². The molecular formula is C13H15F2NO4. The normalized spacial score (nSPS) is 11.9. The monoisotopic (exact) mass is 287 g/mol. The molecule has 0 bridgehead atoms. The van der Waals surface area contributed by atoms with Gasteiger partial charge in [0.05, 0.1) is 6.42 Å². The Bertz CT molecular complexity index is 473. The van der Waals surface area contributed by atoms with Gasteiger partial charge in [0.15, 0.2) is 0 Å². The van der Waals surface area contributed by atoms with E-state index in [-0.39, 0.29) is 18.6 Å². The number of rotatable bonds is 7. The maximum Gasteiger partial charge on any atom is 0.326 e. The van der Waals surface area contributed by atoms with Crippen LogP contribution < -0.4 is 5.32 Å². The molecule has 1 rings (SSSR count). The topological polar surface area (TPSA) is 75.6 Å². The number of carbonyl (C=O) groups excluding carboxylic acids is 1. The van der Waals surface area contributed by atoms with Gasteiger partial charge in [-0.3, -0.25) is 4.79 Å². The Kier molecular flexibility index (Phi) is 6.05. The standard InChI is InChI=1S/C13H15F2NO4/c1-20-6-5-11(13(18)19)16-12(17)7-8-9(14)3-2-4-10(8)15/h2-4,11H,5-7H2,1H3,(H,16,17)(H,18,19). The van der Waals surface area contributed by atoms with E-state index < -0.39 is 36.0 Å². The number of halogens is 2. The molecule has 110 valence electrons. The van der Waals surface area contributed by atoms with Crippen LogP contribution >= 0.6 is 0 Å². The van der Waals surface area contributed by atoms with Crippen molar-refractivity contribution < 1.29 is 28.2 Å². The van der Waals surface area contributed by atoms with E-state index in [0.29, 0.717) is 0 Å². The highest BCUT2D eigenvalue weighted by molar-refractivity contribution is 5.84. The molecule has 5 nitrogen and oxygen atoms in total. The van der Waals surface area contributed by atoms with Crippen LogP contribution in [0.1, 0.15) is 12.0 Å². The van der Waals surface area contributed by atoms with Gasteiger partial charge in [0, 0.05) is 25.7 Å². The summed E-state index contributed by atoms with van der Waals surface area (Å²) in [6.45, 7) is 0.144. The van der Waals surface area contributed by atoms with Crippen molar-refractivity contribution >= 4 is 11.9 Å². The third-order valence-corrected chi connectivity index (χ3v) is 2.64. The summed E-state index contributed by atoms with van der Waals surface area (Å²) >= 11 is 0. The van der Waals surface area contributed by atoms with Crippen molar-refractivity contribution in [3.05, 3.63) is 35.4 Å². The first-order chi connectivity index (χ1) is 9.45. The van der Waals surface area contributed by atoms with E-state index in [1.165, 1.54) is 13.2 Å². The zero-order chi connectivity index (χ0) is 15.1. The average molecular weight is 287 g/mol. The summed E-state index contributed by atoms with van der Waals surface area (Å²) in [5.74, 6) is -3.69. The number of ether oxygens (including phenoxy) is 1. The fraction of sp³-hybridized carbons (Fsp3) is 0.385. The SMILES string of the molecule is COCCC(NC(=O)Cc1c(F)cccc1F)C(=O)O. The van der Waals surface area contributed by atoms with E-state index >= 15 is 0 Å². The van der Waals surface area contributed by atoms with Crippen LogP contribution in [0.5, 0.6) is 0 Å². The largest absolute Gasteiger partial charge is 0.480 e. The van der Waals surface area contributed by atoms with Crippen molar-refractivity contribution in [3.8, 4) is 0 Å². The minimum Gasteiger partial charge on any atom is -0.480 e. The predicted molar refractivity (Wildman–Crippen MR) is 66.1 cm³/mol. The highest BCUT2D eigenvalue weighted by Gasteiger charge is 2.21. The lowest BCUT2D eigenvalue weighted by Crippen LogP contribution is -2.42. The first kappa shape index (κ1) is 16.0. The van der Waals surface area contributed by atoms with Crippen LogP contribution in [0.4, 0.5) is 8.78 Å². The van der Waals surface area contributed by atoms with Gasteiger partial charge in [-0.25, -0.2) is 13.6 Å². The first-order valence-electron chi connectivity index (χ1n) is 5.89. The lowest BCUT2D eigenvalue weighted by molar-refractivity contribution is -0.142. The molecule has 0 saturated carbocycles. The van der Waals surface area contributed by atoms with Crippen molar-refractivity contribution in [1.82, 2.24) is 5.32 Å². The Morgan fingerprint density at radius 2 is 1.95 bits per heavy atom. The highest BCUT2D eigenvalue weighted by atomic mass is 19.1. The molecule has 0 radical (unpaired) electrons. The molecule has 0 aromatic heterocycles. The van der Waals surface area contributed by atoms with Crippen LogP contribution in [0.3, 0.4) is 0 Å². The highest BCUT2D eigenvalue weighted by Crippen LogP contribution is 2.12. The van der Waals surface area contributed by atoms with E-state index in [1.807, 2.05) is 0 Å². The van der Waals surface area contributed by atoms with Crippen molar-refractivity contribution in [2.24, 2.45) is 0 Å². The fourth-order valence-electron chi connectivity index (χ4n) is 1.60. The number of amides is 1. The Morgan fingerprint density at radius 1 is 1.35 bits per heavy atom.